The Morgan fingerprint density at radius 3 is 2.52 bits per heavy atom. The highest BCUT2D eigenvalue weighted by Gasteiger charge is 2.22. The third-order valence-corrected chi connectivity index (χ3v) is 5.53. The van der Waals surface area contributed by atoms with Crippen LogP contribution in [0.15, 0.2) is 46.7 Å². The summed E-state index contributed by atoms with van der Waals surface area (Å²) in [5, 5.41) is 11.8. The number of rotatable bonds is 5. The van der Waals surface area contributed by atoms with Gasteiger partial charge in [0.05, 0.1) is 11.4 Å². The molecule has 2 amide bonds. The van der Waals surface area contributed by atoms with Crippen molar-refractivity contribution in [3.63, 3.8) is 0 Å². The number of amides is 2. The quantitative estimate of drug-likeness (QED) is 0.861. The van der Waals surface area contributed by atoms with Crippen LogP contribution in [0.1, 0.15) is 16.5 Å². The molecule has 23 heavy (non-hydrogen) atoms. The fourth-order valence-electron chi connectivity index (χ4n) is 1.88. The van der Waals surface area contributed by atoms with E-state index in [2.05, 4.69) is 0 Å². The summed E-state index contributed by atoms with van der Waals surface area (Å²) in [5.41, 5.74) is 0.923. The maximum absolute atomic E-state index is 12.2. The number of aliphatic hydroxyl groups excluding tert-OH is 1. The summed E-state index contributed by atoms with van der Waals surface area (Å²) in [6, 6.07) is 8.94. The van der Waals surface area contributed by atoms with Gasteiger partial charge < -0.3 is 10.0 Å². The first-order valence-corrected chi connectivity index (χ1v) is 9.22. The molecule has 1 unspecified atom stereocenters. The average molecular weight is 354 g/mol. The minimum Gasteiger partial charge on any atom is -0.386 e. The van der Waals surface area contributed by atoms with E-state index in [-0.39, 0.29) is 11.4 Å². The number of urea groups is 1. The van der Waals surface area contributed by atoms with Crippen molar-refractivity contribution in [3.05, 3.63) is 52.2 Å². The van der Waals surface area contributed by atoms with Crippen LogP contribution in [0.2, 0.25) is 0 Å². The smallest absolute Gasteiger partial charge is 0.331 e. The predicted octanol–water partition coefficient (Wildman–Crippen LogP) is 2.12. The Bertz CT molecular complexity index is 755. The number of thiophene rings is 1. The number of hydrogen-bond donors (Lipinski definition) is 2. The number of aliphatic hydroxyl groups is 1. The van der Waals surface area contributed by atoms with Crippen LogP contribution in [0.25, 0.3) is 0 Å². The molecule has 124 valence electrons. The molecule has 1 aromatic carbocycles. The zero-order valence-electron chi connectivity index (χ0n) is 12.8. The Labute approximate surface area is 139 Å². The fraction of sp³-hybridized carbons (Fsp3) is 0.267. The molecule has 0 spiro atoms. The molecule has 0 radical (unpaired) electrons. The van der Waals surface area contributed by atoms with Crippen LogP contribution in [0, 0.1) is 6.92 Å². The van der Waals surface area contributed by atoms with E-state index >= 15 is 0 Å². The Morgan fingerprint density at radius 2 is 1.96 bits per heavy atom. The van der Waals surface area contributed by atoms with Crippen molar-refractivity contribution in [2.24, 2.45) is 0 Å². The minimum absolute atomic E-state index is 0.00420. The molecule has 1 aromatic heterocycles. The van der Waals surface area contributed by atoms with E-state index in [1.165, 1.54) is 30.5 Å². The third kappa shape index (κ3) is 4.54. The maximum atomic E-state index is 12.2. The van der Waals surface area contributed by atoms with Gasteiger partial charge in [-0.15, -0.1) is 11.3 Å². The summed E-state index contributed by atoms with van der Waals surface area (Å²) < 4.78 is 26.3. The molecule has 0 bridgehead atoms. The fourth-order valence-corrected chi connectivity index (χ4v) is 3.58. The Morgan fingerprint density at radius 1 is 1.30 bits per heavy atom. The van der Waals surface area contributed by atoms with Gasteiger partial charge in [0.15, 0.2) is 0 Å². The standard InChI is InChI=1S/C15H18N2O4S2/c1-11-5-7-12(8-6-11)23(20,21)16-15(19)17(2)10-13(18)14-4-3-9-22-14/h3-9,13,18H,10H2,1-2H3,(H,16,19). The molecular formula is C15H18N2O4S2. The lowest BCUT2D eigenvalue weighted by Crippen LogP contribution is -2.42. The van der Waals surface area contributed by atoms with Crippen molar-refractivity contribution in [2.45, 2.75) is 17.9 Å². The maximum Gasteiger partial charge on any atom is 0.331 e. The molecule has 0 aliphatic carbocycles. The van der Waals surface area contributed by atoms with Crippen molar-refractivity contribution >= 4 is 27.4 Å². The summed E-state index contributed by atoms with van der Waals surface area (Å²) in [7, 11) is -2.50. The summed E-state index contributed by atoms with van der Waals surface area (Å²) >= 11 is 1.37. The SMILES string of the molecule is Cc1ccc(S(=O)(=O)NC(=O)N(C)CC(O)c2cccs2)cc1. The molecule has 0 saturated heterocycles. The normalized spacial score (nSPS) is 12.7. The monoisotopic (exact) mass is 354 g/mol. The van der Waals surface area contributed by atoms with Crippen molar-refractivity contribution in [3.8, 4) is 0 Å². The summed E-state index contributed by atoms with van der Waals surface area (Å²) in [6.45, 7) is 1.84. The summed E-state index contributed by atoms with van der Waals surface area (Å²) in [5.74, 6) is 0. The molecule has 0 aliphatic rings. The van der Waals surface area contributed by atoms with Gasteiger partial charge in [-0.25, -0.2) is 17.9 Å². The lowest BCUT2D eigenvalue weighted by Gasteiger charge is -2.20. The number of nitrogens with zero attached hydrogens (tertiary/aromatic N) is 1. The molecule has 2 aromatic rings. The second-order valence-corrected chi connectivity index (χ2v) is 7.80. The van der Waals surface area contributed by atoms with Gasteiger partial charge in [-0.2, -0.15) is 0 Å². The Kier molecular flexibility index (Phi) is 5.40. The van der Waals surface area contributed by atoms with Crippen LogP contribution in [-0.2, 0) is 10.0 Å². The van der Waals surface area contributed by atoms with Crippen molar-refractivity contribution in [1.29, 1.82) is 0 Å². The van der Waals surface area contributed by atoms with Gasteiger partial charge in [0, 0.05) is 11.9 Å². The van der Waals surface area contributed by atoms with E-state index in [1.807, 2.05) is 17.0 Å². The number of hydrogen-bond acceptors (Lipinski definition) is 5. The van der Waals surface area contributed by atoms with Crippen molar-refractivity contribution in [1.82, 2.24) is 9.62 Å². The molecule has 6 nitrogen and oxygen atoms in total. The predicted molar refractivity (Wildman–Crippen MR) is 88.8 cm³/mol. The van der Waals surface area contributed by atoms with E-state index in [1.54, 1.807) is 24.3 Å². The molecule has 0 fully saturated rings. The molecule has 0 saturated carbocycles. The first-order chi connectivity index (χ1) is 10.8. The largest absolute Gasteiger partial charge is 0.386 e. The van der Waals surface area contributed by atoms with Crippen molar-refractivity contribution in [2.75, 3.05) is 13.6 Å². The number of aryl methyl sites for hydroxylation is 1. The lowest BCUT2D eigenvalue weighted by molar-refractivity contribution is 0.136. The van der Waals surface area contributed by atoms with Gasteiger partial charge >= 0.3 is 6.03 Å². The number of likely N-dealkylation sites (N-methyl/N-ethyl adjacent to an activating group) is 1. The van der Waals surface area contributed by atoms with Crippen molar-refractivity contribution < 1.29 is 18.3 Å². The molecule has 2 rings (SSSR count). The summed E-state index contributed by atoms with van der Waals surface area (Å²) in [6.07, 6.45) is -0.854. The van der Waals surface area contributed by atoms with Gasteiger partial charge in [0.1, 0.15) is 6.10 Å². The number of carbonyl (C=O) groups is 1. The molecule has 1 heterocycles. The van der Waals surface area contributed by atoms with Gasteiger partial charge in [0.25, 0.3) is 10.0 Å². The van der Waals surface area contributed by atoms with Crippen LogP contribution in [0.3, 0.4) is 0 Å². The number of benzene rings is 1. The highest BCUT2D eigenvalue weighted by Crippen LogP contribution is 2.19. The van der Waals surface area contributed by atoms with Crippen LogP contribution in [0.4, 0.5) is 4.79 Å². The van der Waals surface area contributed by atoms with E-state index in [9.17, 15) is 18.3 Å². The van der Waals surface area contributed by atoms with Crippen LogP contribution < -0.4 is 4.72 Å². The van der Waals surface area contributed by atoms with Gasteiger partial charge in [0.2, 0.25) is 0 Å². The zero-order chi connectivity index (χ0) is 17.0. The summed E-state index contributed by atoms with van der Waals surface area (Å²) in [4.78, 5) is 13.9. The minimum atomic E-state index is -3.93. The highest BCUT2D eigenvalue weighted by atomic mass is 32.2. The zero-order valence-corrected chi connectivity index (χ0v) is 14.4. The highest BCUT2D eigenvalue weighted by molar-refractivity contribution is 7.90. The topological polar surface area (TPSA) is 86.7 Å². The van der Waals surface area contributed by atoms with E-state index in [0.29, 0.717) is 4.88 Å². The van der Waals surface area contributed by atoms with E-state index < -0.39 is 22.2 Å². The van der Waals surface area contributed by atoms with Gasteiger partial charge in [-0.3, -0.25) is 0 Å². The van der Waals surface area contributed by atoms with Gasteiger partial charge in [-0.05, 0) is 30.5 Å². The van der Waals surface area contributed by atoms with E-state index in [4.69, 9.17) is 0 Å². The van der Waals surface area contributed by atoms with Crippen LogP contribution in [0.5, 0.6) is 0 Å². The average Bonchev–Trinajstić information content (AvgIpc) is 3.01. The lowest BCUT2D eigenvalue weighted by atomic mass is 10.2. The molecular weight excluding hydrogens is 336 g/mol. The Balaban J connectivity index is 2.01. The Hall–Kier alpha value is -1.90. The van der Waals surface area contributed by atoms with Crippen LogP contribution in [-0.4, -0.2) is 38.0 Å². The van der Waals surface area contributed by atoms with Gasteiger partial charge in [-0.1, -0.05) is 23.8 Å². The first kappa shape index (κ1) is 17.5. The van der Waals surface area contributed by atoms with Crippen LogP contribution >= 0.6 is 11.3 Å². The second-order valence-electron chi connectivity index (χ2n) is 5.14. The second kappa shape index (κ2) is 7.12. The first-order valence-electron chi connectivity index (χ1n) is 6.85. The number of carbonyl (C=O) groups excluding carboxylic acids is 1. The third-order valence-electron chi connectivity index (χ3n) is 3.22. The molecule has 8 heteroatoms. The molecule has 2 N–H and O–H groups in total. The molecule has 0 aliphatic heterocycles. The number of nitrogens with one attached hydrogen (secondary N) is 1. The van der Waals surface area contributed by atoms with E-state index in [0.717, 1.165) is 10.5 Å². The number of sulfonamides is 1. The molecule has 1 atom stereocenters.